The normalized spacial score (nSPS) is 10.5. The number of benzene rings is 2. The Kier molecular flexibility index (Phi) is 2.89. The van der Waals surface area contributed by atoms with Crippen LogP contribution in [0.25, 0.3) is 20.8 Å². The Balaban J connectivity index is 1.95. The molecule has 0 bridgehead atoms. The van der Waals surface area contributed by atoms with Gasteiger partial charge >= 0.3 is 6.09 Å². The zero-order chi connectivity index (χ0) is 13.2. The number of aromatic nitrogens is 1. The molecule has 1 amide bonds. The van der Waals surface area contributed by atoms with E-state index in [-0.39, 0.29) is 0 Å². The smallest absolute Gasteiger partial charge is 0.409 e. The van der Waals surface area contributed by atoms with Crippen molar-refractivity contribution in [2.24, 2.45) is 0 Å². The van der Waals surface area contributed by atoms with E-state index in [0.717, 1.165) is 20.8 Å². The van der Waals surface area contributed by atoms with Crippen LogP contribution in [-0.2, 0) is 0 Å². The summed E-state index contributed by atoms with van der Waals surface area (Å²) >= 11 is 1.62. The standard InChI is InChI=1S/C14H10N2O2S/c17-14(18)15-10-7-5-9(6-8-10)13-16-11-3-1-2-4-12(11)19-13/h1-8,15H,(H,17,18). The summed E-state index contributed by atoms with van der Waals surface area (Å²) in [5.41, 5.74) is 2.52. The minimum Gasteiger partial charge on any atom is -0.465 e. The maximum atomic E-state index is 10.5. The molecule has 0 saturated heterocycles. The number of para-hydroxylation sites is 1. The minimum atomic E-state index is -1.06. The fraction of sp³-hybridized carbons (Fsp3) is 0. The average Bonchev–Trinajstić information content (AvgIpc) is 2.82. The summed E-state index contributed by atoms with van der Waals surface area (Å²) in [6.07, 6.45) is -1.06. The molecule has 2 N–H and O–H groups in total. The SMILES string of the molecule is O=C(O)Nc1ccc(-c2nc3ccccc3s2)cc1. The molecule has 0 unspecified atom stereocenters. The zero-order valence-corrected chi connectivity index (χ0v) is 10.6. The number of carboxylic acid groups (broad SMARTS) is 1. The van der Waals surface area contributed by atoms with Gasteiger partial charge in [0.05, 0.1) is 10.2 Å². The molecule has 0 aliphatic heterocycles. The molecule has 5 heteroatoms. The molecule has 0 aliphatic carbocycles. The van der Waals surface area contributed by atoms with E-state index in [1.165, 1.54) is 0 Å². The topological polar surface area (TPSA) is 62.2 Å². The van der Waals surface area contributed by atoms with Crippen LogP contribution in [0.3, 0.4) is 0 Å². The molecule has 19 heavy (non-hydrogen) atoms. The van der Waals surface area contributed by atoms with Crippen LogP contribution in [-0.4, -0.2) is 16.2 Å². The van der Waals surface area contributed by atoms with Crippen LogP contribution >= 0.6 is 11.3 Å². The van der Waals surface area contributed by atoms with Gasteiger partial charge in [-0.15, -0.1) is 11.3 Å². The van der Waals surface area contributed by atoms with Gasteiger partial charge in [0.15, 0.2) is 0 Å². The quantitative estimate of drug-likeness (QED) is 0.738. The highest BCUT2D eigenvalue weighted by Crippen LogP contribution is 2.30. The van der Waals surface area contributed by atoms with Gasteiger partial charge in [-0.25, -0.2) is 9.78 Å². The van der Waals surface area contributed by atoms with Crippen LogP contribution in [0, 0.1) is 0 Å². The number of thiazole rings is 1. The number of nitrogens with one attached hydrogen (secondary N) is 1. The first kappa shape index (κ1) is 11.7. The minimum absolute atomic E-state index is 0.553. The number of hydrogen-bond donors (Lipinski definition) is 2. The van der Waals surface area contributed by atoms with Crippen molar-refractivity contribution >= 4 is 33.3 Å². The molecular weight excluding hydrogens is 260 g/mol. The molecule has 0 saturated carbocycles. The first-order valence-electron chi connectivity index (χ1n) is 5.68. The maximum absolute atomic E-state index is 10.5. The first-order valence-corrected chi connectivity index (χ1v) is 6.50. The Bertz CT molecular complexity index is 702. The second-order valence-corrected chi connectivity index (χ2v) is 5.02. The van der Waals surface area contributed by atoms with E-state index in [2.05, 4.69) is 10.3 Å². The highest BCUT2D eigenvalue weighted by molar-refractivity contribution is 7.21. The third-order valence-electron chi connectivity index (χ3n) is 2.68. The van der Waals surface area contributed by atoms with Gasteiger partial charge in [0.2, 0.25) is 0 Å². The largest absolute Gasteiger partial charge is 0.465 e. The van der Waals surface area contributed by atoms with Crippen molar-refractivity contribution < 1.29 is 9.90 Å². The fourth-order valence-corrected chi connectivity index (χ4v) is 2.79. The van der Waals surface area contributed by atoms with Gasteiger partial charge in [-0.2, -0.15) is 0 Å². The predicted octanol–water partition coefficient (Wildman–Crippen LogP) is 4.05. The van der Waals surface area contributed by atoms with E-state index < -0.39 is 6.09 Å². The second-order valence-electron chi connectivity index (χ2n) is 3.99. The molecular formula is C14H10N2O2S. The molecule has 2 aromatic carbocycles. The molecule has 0 atom stereocenters. The molecule has 0 radical (unpaired) electrons. The number of hydrogen-bond acceptors (Lipinski definition) is 3. The van der Waals surface area contributed by atoms with E-state index in [1.54, 1.807) is 23.5 Å². The van der Waals surface area contributed by atoms with Crippen LogP contribution in [0.2, 0.25) is 0 Å². The summed E-state index contributed by atoms with van der Waals surface area (Å²) in [5, 5.41) is 11.9. The van der Waals surface area contributed by atoms with E-state index in [4.69, 9.17) is 5.11 Å². The summed E-state index contributed by atoms with van der Waals surface area (Å²) < 4.78 is 1.14. The Morgan fingerprint density at radius 3 is 2.53 bits per heavy atom. The second kappa shape index (κ2) is 4.70. The highest BCUT2D eigenvalue weighted by atomic mass is 32.1. The fourth-order valence-electron chi connectivity index (χ4n) is 1.82. The molecule has 0 aliphatic rings. The Hall–Kier alpha value is -2.40. The molecule has 0 fully saturated rings. The van der Waals surface area contributed by atoms with Gasteiger partial charge in [0.25, 0.3) is 0 Å². The highest BCUT2D eigenvalue weighted by Gasteiger charge is 2.06. The van der Waals surface area contributed by atoms with Crippen molar-refractivity contribution in [1.82, 2.24) is 4.98 Å². The Labute approximate surface area is 113 Å². The van der Waals surface area contributed by atoms with Gasteiger partial charge in [0.1, 0.15) is 5.01 Å². The summed E-state index contributed by atoms with van der Waals surface area (Å²) in [5.74, 6) is 0. The summed E-state index contributed by atoms with van der Waals surface area (Å²) in [6, 6.07) is 15.2. The van der Waals surface area contributed by atoms with Crippen molar-refractivity contribution in [2.45, 2.75) is 0 Å². The number of nitrogens with zero attached hydrogens (tertiary/aromatic N) is 1. The van der Waals surface area contributed by atoms with E-state index in [1.807, 2.05) is 36.4 Å². The van der Waals surface area contributed by atoms with Crippen LogP contribution in [0.4, 0.5) is 10.5 Å². The number of carbonyl (C=O) groups is 1. The molecule has 3 aromatic rings. The third-order valence-corrected chi connectivity index (χ3v) is 3.76. The average molecular weight is 270 g/mol. The number of rotatable bonds is 2. The van der Waals surface area contributed by atoms with E-state index in [0.29, 0.717) is 5.69 Å². The lowest BCUT2D eigenvalue weighted by Crippen LogP contribution is -2.06. The molecule has 3 rings (SSSR count). The summed E-state index contributed by atoms with van der Waals surface area (Å²) in [4.78, 5) is 15.1. The summed E-state index contributed by atoms with van der Waals surface area (Å²) in [6.45, 7) is 0. The Morgan fingerprint density at radius 2 is 1.84 bits per heavy atom. The summed E-state index contributed by atoms with van der Waals surface area (Å²) in [7, 11) is 0. The van der Waals surface area contributed by atoms with Crippen LogP contribution in [0.15, 0.2) is 48.5 Å². The van der Waals surface area contributed by atoms with E-state index in [9.17, 15) is 4.79 Å². The molecule has 4 nitrogen and oxygen atoms in total. The monoisotopic (exact) mass is 270 g/mol. The van der Waals surface area contributed by atoms with Gasteiger partial charge in [-0.1, -0.05) is 12.1 Å². The van der Waals surface area contributed by atoms with Gasteiger partial charge < -0.3 is 5.11 Å². The number of fused-ring (bicyclic) bond motifs is 1. The predicted molar refractivity (Wildman–Crippen MR) is 76.7 cm³/mol. The maximum Gasteiger partial charge on any atom is 0.409 e. The Morgan fingerprint density at radius 1 is 1.11 bits per heavy atom. The van der Waals surface area contributed by atoms with Gasteiger partial charge in [-0.05, 0) is 36.4 Å². The molecule has 0 spiro atoms. The number of amides is 1. The zero-order valence-electron chi connectivity index (χ0n) is 9.83. The lowest BCUT2D eigenvalue weighted by molar-refractivity contribution is 0.210. The van der Waals surface area contributed by atoms with Crippen molar-refractivity contribution in [3.05, 3.63) is 48.5 Å². The molecule has 1 aromatic heterocycles. The van der Waals surface area contributed by atoms with Crippen LogP contribution in [0.1, 0.15) is 0 Å². The van der Waals surface area contributed by atoms with Crippen LogP contribution < -0.4 is 5.32 Å². The van der Waals surface area contributed by atoms with Crippen molar-refractivity contribution in [3.8, 4) is 10.6 Å². The van der Waals surface area contributed by atoms with Crippen LogP contribution in [0.5, 0.6) is 0 Å². The third kappa shape index (κ3) is 2.41. The lowest BCUT2D eigenvalue weighted by atomic mass is 10.2. The number of anilines is 1. The molecule has 1 heterocycles. The van der Waals surface area contributed by atoms with Crippen molar-refractivity contribution in [2.75, 3.05) is 5.32 Å². The first-order chi connectivity index (χ1) is 9.22. The lowest BCUT2D eigenvalue weighted by Gasteiger charge is -2.01. The van der Waals surface area contributed by atoms with Gasteiger partial charge in [0, 0.05) is 11.3 Å². The van der Waals surface area contributed by atoms with Crippen molar-refractivity contribution in [3.63, 3.8) is 0 Å². The van der Waals surface area contributed by atoms with Gasteiger partial charge in [-0.3, -0.25) is 5.32 Å². The van der Waals surface area contributed by atoms with E-state index >= 15 is 0 Å². The molecule has 94 valence electrons. The van der Waals surface area contributed by atoms with Crippen molar-refractivity contribution in [1.29, 1.82) is 0 Å².